The highest BCUT2D eigenvalue weighted by atomic mass is 19.1. The smallest absolute Gasteiger partial charge is 0.320 e. The fraction of sp³-hybridized carbons (Fsp3) is 0.533. The predicted molar refractivity (Wildman–Crippen MR) is 71.5 cm³/mol. The standard InChI is InChI=1S/C15H20FNO2/c1-2-14(15(18)19)17-8-7-12(10-17)9-11-3-5-13(16)6-4-11/h3-6,12,14H,2,7-10H2,1H3,(H,18,19). The van der Waals surface area contributed by atoms with Gasteiger partial charge in [-0.2, -0.15) is 0 Å². The fourth-order valence-electron chi connectivity index (χ4n) is 2.86. The third kappa shape index (κ3) is 3.53. The Morgan fingerprint density at radius 2 is 2.16 bits per heavy atom. The Labute approximate surface area is 113 Å². The molecule has 1 aromatic carbocycles. The van der Waals surface area contributed by atoms with Crippen molar-refractivity contribution in [2.24, 2.45) is 5.92 Å². The molecule has 4 heteroatoms. The predicted octanol–water partition coefficient (Wildman–Crippen LogP) is 2.55. The maximum atomic E-state index is 12.8. The highest BCUT2D eigenvalue weighted by molar-refractivity contribution is 5.73. The molecule has 1 aliphatic rings. The lowest BCUT2D eigenvalue weighted by Gasteiger charge is -2.22. The Morgan fingerprint density at radius 3 is 2.74 bits per heavy atom. The van der Waals surface area contributed by atoms with Crippen molar-refractivity contribution in [3.05, 3.63) is 35.6 Å². The molecule has 0 aromatic heterocycles. The number of likely N-dealkylation sites (tertiary alicyclic amines) is 1. The molecule has 0 amide bonds. The van der Waals surface area contributed by atoms with E-state index in [9.17, 15) is 9.18 Å². The van der Waals surface area contributed by atoms with Crippen LogP contribution in [0.3, 0.4) is 0 Å². The molecule has 3 nitrogen and oxygen atoms in total. The van der Waals surface area contributed by atoms with Crippen molar-refractivity contribution in [3.8, 4) is 0 Å². The van der Waals surface area contributed by atoms with Crippen molar-refractivity contribution in [2.75, 3.05) is 13.1 Å². The van der Waals surface area contributed by atoms with Gasteiger partial charge in [0.1, 0.15) is 11.9 Å². The van der Waals surface area contributed by atoms with E-state index in [0.29, 0.717) is 12.3 Å². The van der Waals surface area contributed by atoms with Crippen LogP contribution < -0.4 is 0 Å². The molecule has 1 aliphatic heterocycles. The minimum Gasteiger partial charge on any atom is -0.480 e. The second kappa shape index (κ2) is 6.15. The SMILES string of the molecule is CCC(C(=O)O)N1CCC(Cc2ccc(F)cc2)C1. The maximum absolute atomic E-state index is 12.8. The average molecular weight is 265 g/mol. The highest BCUT2D eigenvalue weighted by Gasteiger charge is 2.31. The quantitative estimate of drug-likeness (QED) is 0.889. The first-order chi connectivity index (χ1) is 9.10. The molecule has 1 aromatic rings. The van der Waals surface area contributed by atoms with Crippen LogP contribution in [0.25, 0.3) is 0 Å². The van der Waals surface area contributed by atoms with Crippen LogP contribution >= 0.6 is 0 Å². The molecule has 0 saturated carbocycles. The molecular weight excluding hydrogens is 245 g/mol. The molecule has 1 N–H and O–H groups in total. The molecule has 2 atom stereocenters. The normalized spacial score (nSPS) is 21.5. The molecule has 1 fully saturated rings. The number of carbonyl (C=O) groups is 1. The van der Waals surface area contributed by atoms with Gasteiger partial charge in [-0.3, -0.25) is 9.69 Å². The van der Waals surface area contributed by atoms with E-state index in [1.165, 1.54) is 12.1 Å². The Hall–Kier alpha value is -1.42. The summed E-state index contributed by atoms with van der Waals surface area (Å²) in [5, 5.41) is 9.16. The summed E-state index contributed by atoms with van der Waals surface area (Å²) >= 11 is 0. The zero-order chi connectivity index (χ0) is 13.8. The average Bonchev–Trinajstić information content (AvgIpc) is 2.81. The first kappa shape index (κ1) is 14.0. The van der Waals surface area contributed by atoms with E-state index in [0.717, 1.165) is 31.5 Å². The summed E-state index contributed by atoms with van der Waals surface area (Å²) in [4.78, 5) is 13.2. The zero-order valence-corrected chi connectivity index (χ0v) is 11.2. The van der Waals surface area contributed by atoms with E-state index in [-0.39, 0.29) is 11.9 Å². The summed E-state index contributed by atoms with van der Waals surface area (Å²) in [6, 6.07) is 6.22. The van der Waals surface area contributed by atoms with Crippen LogP contribution in [0.15, 0.2) is 24.3 Å². The van der Waals surface area contributed by atoms with Gasteiger partial charge in [0.2, 0.25) is 0 Å². The van der Waals surface area contributed by atoms with Gasteiger partial charge in [0, 0.05) is 6.54 Å². The molecule has 2 rings (SSSR count). The van der Waals surface area contributed by atoms with Crippen LogP contribution in [0.2, 0.25) is 0 Å². The number of benzene rings is 1. The fourth-order valence-corrected chi connectivity index (χ4v) is 2.86. The van der Waals surface area contributed by atoms with Gasteiger partial charge < -0.3 is 5.11 Å². The molecule has 0 aliphatic carbocycles. The lowest BCUT2D eigenvalue weighted by atomic mass is 9.99. The summed E-state index contributed by atoms with van der Waals surface area (Å²) in [6.45, 7) is 3.57. The van der Waals surface area contributed by atoms with E-state index in [2.05, 4.69) is 4.90 Å². The molecule has 1 saturated heterocycles. The van der Waals surface area contributed by atoms with E-state index < -0.39 is 5.97 Å². The molecule has 1 heterocycles. The summed E-state index contributed by atoms with van der Waals surface area (Å²) < 4.78 is 12.8. The summed E-state index contributed by atoms with van der Waals surface area (Å²) in [6.07, 6.45) is 2.55. The number of carboxylic acid groups (broad SMARTS) is 1. The van der Waals surface area contributed by atoms with Crippen LogP contribution in [-0.4, -0.2) is 35.1 Å². The second-order valence-corrected chi connectivity index (χ2v) is 5.24. The van der Waals surface area contributed by atoms with E-state index >= 15 is 0 Å². The van der Waals surface area contributed by atoms with Crippen LogP contribution in [0.4, 0.5) is 4.39 Å². The van der Waals surface area contributed by atoms with Gasteiger partial charge in [-0.05, 0) is 49.4 Å². The van der Waals surface area contributed by atoms with E-state index in [1.807, 2.05) is 19.1 Å². The molecule has 2 unspecified atom stereocenters. The number of halogens is 1. The van der Waals surface area contributed by atoms with Gasteiger partial charge in [0.25, 0.3) is 0 Å². The minimum absolute atomic E-state index is 0.214. The summed E-state index contributed by atoms with van der Waals surface area (Å²) in [7, 11) is 0. The number of hydrogen-bond donors (Lipinski definition) is 1. The highest BCUT2D eigenvalue weighted by Crippen LogP contribution is 2.23. The van der Waals surface area contributed by atoms with Crippen molar-refractivity contribution in [1.82, 2.24) is 4.90 Å². The number of carboxylic acids is 1. The van der Waals surface area contributed by atoms with Gasteiger partial charge in [-0.1, -0.05) is 19.1 Å². The number of hydrogen-bond acceptors (Lipinski definition) is 2. The number of nitrogens with zero attached hydrogens (tertiary/aromatic N) is 1. The van der Waals surface area contributed by atoms with Crippen molar-refractivity contribution in [1.29, 1.82) is 0 Å². The summed E-state index contributed by atoms with van der Waals surface area (Å²) in [5.41, 5.74) is 1.12. The lowest BCUT2D eigenvalue weighted by Crippen LogP contribution is -2.39. The number of rotatable bonds is 5. The van der Waals surface area contributed by atoms with Crippen molar-refractivity contribution in [2.45, 2.75) is 32.2 Å². The van der Waals surface area contributed by atoms with Gasteiger partial charge in [-0.25, -0.2) is 4.39 Å². The minimum atomic E-state index is -0.732. The topological polar surface area (TPSA) is 40.5 Å². The maximum Gasteiger partial charge on any atom is 0.320 e. The first-order valence-electron chi connectivity index (χ1n) is 6.81. The Bertz CT molecular complexity index is 432. The van der Waals surface area contributed by atoms with Crippen LogP contribution in [0.1, 0.15) is 25.3 Å². The molecule has 0 bridgehead atoms. The second-order valence-electron chi connectivity index (χ2n) is 5.24. The van der Waals surface area contributed by atoms with Crippen molar-refractivity contribution in [3.63, 3.8) is 0 Å². The van der Waals surface area contributed by atoms with Crippen molar-refractivity contribution < 1.29 is 14.3 Å². The molecule has 104 valence electrons. The molecule has 0 spiro atoms. The van der Waals surface area contributed by atoms with Gasteiger partial charge >= 0.3 is 5.97 Å². The molecular formula is C15H20FNO2. The molecule has 19 heavy (non-hydrogen) atoms. The van der Waals surface area contributed by atoms with E-state index in [1.54, 1.807) is 0 Å². The first-order valence-corrected chi connectivity index (χ1v) is 6.81. The van der Waals surface area contributed by atoms with Crippen molar-refractivity contribution >= 4 is 5.97 Å². The van der Waals surface area contributed by atoms with Crippen LogP contribution in [-0.2, 0) is 11.2 Å². The number of aliphatic carboxylic acids is 1. The Morgan fingerprint density at radius 1 is 1.47 bits per heavy atom. The Kier molecular flexibility index (Phi) is 4.53. The molecule has 0 radical (unpaired) electrons. The Balaban J connectivity index is 1.91. The third-order valence-electron chi connectivity index (χ3n) is 3.87. The monoisotopic (exact) mass is 265 g/mol. The summed E-state index contributed by atoms with van der Waals surface area (Å²) in [5.74, 6) is -0.475. The lowest BCUT2D eigenvalue weighted by molar-refractivity contribution is -0.143. The van der Waals surface area contributed by atoms with Gasteiger partial charge in [-0.15, -0.1) is 0 Å². The van der Waals surface area contributed by atoms with Crippen LogP contribution in [0.5, 0.6) is 0 Å². The third-order valence-corrected chi connectivity index (χ3v) is 3.87. The largest absolute Gasteiger partial charge is 0.480 e. The van der Waals surface area contributed by atoms with E-state index in [4.69, 9.17) is 5.11 Å². The zero-order valence-electron chi connectivity index (χ0n) is 11.2. The van der Waals surface area contributed by atoms with Gasteiger partial charge in [0.15, 0.2) is 0 Å². The van der Waals surface area contributed by atoms with Gasteiger partial charge in [0.05, 0.1) is 0 Å². The van der Waals surface area contributed by atoms with Crippen LogP contribution in [0, 0.1) is 11.7 Å².